The second kappa shape index (κ2) is 10.0. The van der Waals surface area contributed by atoms with E-state index in [9.17, 15) is 9.59 Å². The van der Waals surface area contributed by atoms with Gasteiger partial charge in [-0.15, -0.1) is 0 Å². The summed E-state index contributed by atoms with van der Waals surface area (Å²) in [6.45, 7) is 10.0. The maximum absolute atomic E-state index is 12.9. The molecule has 36 heavy (non-hydrogen) atoms. The number of hydrogen-bond donors (Lipinski definition) is 2. The predicted octanol–water partition coefficient (Wildman–Crippen LogP) is 2.93. The van der Waals surface area contributed by atoms with E-state index in [2.05, 4.69) is 46.4 Å². The van der Waals surface area contributed by atoms with Crippen molar-refractivity contribution in [2.75, 3.05) is 36.5 Å². The number of hydrogen-bond acceptors (Lipinski definition) is 7. The highest BCUT2D eigenvalue weighted by atomic mass is 35.5. The van der Waals surface area contributed by atoms with E-state index in [-0.39, 0.29) is 23.5 Å². The smallest absolute Gasteiger partial charge is 0.288 e. The number of ether oxygens (including phenoxy) is 1. The Morgan fingerprint density at radius 1 is 1.25 bits per heavy atom. The molecule has 194 valence electrons. The molecule has 4 atom stereocenters. The zero-order chi connectivity index (χ0) is 25.4. The van der Waals surface area contributed by atoms with Gasteiger partial charge in [0, 0.05) is 31.9 Å². The molecule has 0 unspecified atom stereocenters. The van der Waals surface area contributed by atoms with Crippen molar-refractivity contribution in [1.29, 1.82) is 0 Å². The lowest BCUT2D eigenvalue weighted by Gasteiger charge is -2.62. The summed E-state index contributed by atoms with van der Waals surface area (Å²) in [5, 5.41) is 10.7. The van der Waals surface area contributed by atoms with Crippen molar-refractivity contribution in [3.8, 4) is 0 Å². The van der Waals surface area contributed by atoms with E-state index in [0.717, 1.165) is 35.4 Å². The lowest BCUT2D eigenvalue weighted by molar-refractivity contribution is -0.122. The van der Waals surface area contributed by atoms with Crippen molar-refractivity contribution >= 4 is 28.9 Å². The molecular formula is C26H35ClN6O3. The molecule has 4 fully saturated rings. The Bertz CT molecular complexity index is 1180. The summed E-state index contributed by atoms with van der Waals surface area (Å²) in [6, 6.07) is 2.16. The van der Waals surface area contributed by atoms with E-state index < -0.39 is 5.56 Å². The van der Waals surface area contributed by atoms with Gasteiger partial charge in [-0.3, -0.25) is 14.6 Å². The van der Waals surface area contributed by atoms with E-state index in [0.29, 0.717) is 48.6 Å². The number of amides is 1. The average molecular weight is 515 g/mol. The molecule has 6 rings (SSSR count). The van der Waals surface area contributed by atoms with Gasteiger partial charge in [-0.25, -0.2) is 4.68 Å². The van der Waals surface area contributed by atoms with Crippen LogP contribution in [0.1, 0.15) is 39.2 Å². The lowest BCUT2D eigenvalue weighted by Crippen LogP contribution is -2.58. The van der Waals surface area contributed by atoms with Crippen LogP contribution in [0.4, 0.5) is 11.4 Å². The van der Waals surface area contributed by atoms with Crippen LogP contribution >= 0.6 is 11.6 Å². The topological polar surface area (TPSA) is 101 Å². The van der Waals surface area contributed by atoms with Crippen molar-refractivity contribution in [2.24, 2.45) is 23.2 Å². The zero-order valence-corrected chi connectivity index (χ0v) is 21.9. The minimum Gasteiger partial charge on any atom is -0.379 e. The van der Waals surface area contributed by atoms with Crippen LogP contribution in [0.5, 0.6) is 0 Å². The van der Waals surface area contributed by atoms with Crippen LogP contribution in [0, 0.1) is 23.2 Å². The van der Waals surface area contributed by atoms with Gasteiger partial charge in [0.2, 0.25) is 5.91 Å². The Hall–Kier alpha value is -2.65. The third-order valence-corrected chi connectivity index (χ3v) is 9.05. The second-order valence-electron chi connectivity index (χ2n) is 10.9. The van der Waals surface area contributed by atoms with E-state index in [4.69, 9.17) is 16.3 Å². The first-order chi connectivity index (χ1) is 17.3. The molecule has 3 aliphatic carbocycles. The van der Waals surface area contributed by atoms with Gasteiger partial charge < -0.3 is 20.3 Å². The Morgan fingerprint density at radius 2 is 2.03 bits per heavy atom. The number of nitrogens with one attached hydrogen (secondary N) is 2. The average Bonchev–Trinajstić information content (AvgIpc) is 2.88. The number of pyridine rings is 1. The van der Waals surface area contributed by atoms with Crippen molar-refractivity contribution in [3.05, 3.63) is 45.6 Å². The quantitative estimate of drug-likeness (QED) is 0.585. The fraction of sp³-hybridized carbons (Fsp3) is 0.615. The van der Waals surface area contributed by atoms with Gasteiger partial charge in [-0.05, 0) is 47.6 Å². The predicted molar refractivity (Wildman–Crippen MR) is 139 cm³/mol. The molecule has 0 aromatic carbocycles. The fourth-order valence-electron chi connectivity index (χ4n) is 6.26. The summed E-state index contributed by atoms with van der Waals surface area (Å²) in [5.74, 6) is 1.55. The van der Waals surface area contributed by atoms with E-state index in [1.807, 2.05) is 12.3 Å². The van der Waals surface area contributed by atoms with Gasteiger partial charge in [0.25, 0.3) is 5.56 Å². The monoisotopic (exact) mass is 514 g/mol. The van der Waals surface area contributed by atoms with Crippen molar-refractivity contribution in [2.45, 2.75) is 52.7 Å². The third kappa shape index (κ3) is 4.70. The summed E-state index contributed by atoms with van der Waals surface area (Å²) in [6.07, 6.45) is 7.42. The second-order valence-corrected chi connectivity index (χ2v) is 11.3. The molecule has 4 aliphatic rings. The Morgan fingerprint density at radius 3 is 2.75 bits per heavy atom. The maximum Gasteiger partial charge on any atom is 0.288 e. The van der Waals surface area contributed by atoms with Crippen LogP contribution in [0.3, 0.4) is 0 Å². The molecule has 3 saturated carbocycles. The highest BCUT2D eigenvalue weighted by Gasteiger charge is 2.56. The molecular weight excluding hydrogens is 480 g/mol. The number of fused-ring (bicyclic) bond motifs is 2. The first-order valence-electron chi connectivity index (χ1n) is 12.8. The molecule has 9 nitrogen and oxygen atoms in total. The van der Waals surface area contributed by atoms with Crippen LogP contribution < -0.4 is 21.1 Å². The van der Waals surface area contributed by atoms with Crippen LogP contribution in [0.25, 0.3) is 0 Å². The van der Waals surface area contributed by atoms with E-state index >= 15 is 0 Å². The summed E-state index contributed by atoms with van der Waals surface area (Å²) >= 11 is 6.44. The minimum atomic E-state index is -0.469. The highest BCUT2D eigenvalue weighted by molar-refractivity contribution is 6.32. The largest absolute Gasteiger partial charge is 0.379 e. The van der Waals surface area contributed by atoms with Gasteiger partial charge in [0.1, 0.15) is 11.6 Å². The first kappa shape index (κ1) is 25.0. The molecule has 0 spiro atoms. The molecule has 10 heteroatoms. The van der Waals surface area contributed by atoms with Gasteiger partial charge in [-0.1, -0.05) is 32.4 Å². The van der Waals surface area contributed by atoms with Crippen molar-refractivity contribution < 1.29 is 9.53 Å². The van der Waals surface area contributed by atoms with Crippen molar-refractivity contribution in [1.82, 2.24) is 20.1 Å². The summed E-state index contributed by atoms with van der Waals surface area (Å²) < 4.78 is 6.55. The number of nitrogens with zero attached hydrogens (tertiary/aromatic N) is 4. The van der Waals surface area contributed by atoms with Crippen LogP contribution in [-0.4, -0.2) is 53.0 Å². The maximum atomic E-state index is 12.9. The summed E-state index contributed by atoms with van der Waals surface area (Å²) in [4.78, 5) is 32.0. The fourth-order valence-corrected chi connectivity index (χ4v) is 6.46. The van der Waals surface area contributed by atoms with Gasteiger partial charge in [0.15, 0.2) is 0 Å². The number of halogens is 1. The molecule has 1 amide bonds. The molecule has 2 N–H and O–H groups in total. The first-order valence-corrected chi connectivity index (χ1v) is 13.2. The lowest BCUT2D eigenvalue weighted by atomic mass is 9.45. The number of anilines is 2. The summed E-state index contributed by atoms with van der Waals surface area (Å²) in [7, 11) is 0. The standard InChI is InChI=1S/C26H35ClN6O3/c1-16-19-10-18(26(19,2)3)11-20(16)31-21-13-30-33(25(35)24(21)27)15-23(34)29-12-17-4-5-28-14-22(17)32-6-8-36-9-7-32/h4-5,13-14,16,18-20,31H,6-12,15H2,1-3H3,(H,29,34)/t16-,18+,19-,20-/m1/s1. The Kier molecular flexibility index (Phi) is 6.96. The summed E-state index contributed by atoms with van der Waals surface area (Å²) in [5.41, 5.74) is 2.40. The molecule has 3 heterocycles. The minimum absolute atomic E-state index is 0.0762. The molecule has 0 radical (unpaired) electrons. The van der Waals surface area contributed by atoms with Gasteiger partial charge in [-0.2, -0.15) is 5.10 Å². The Labute approximate surface area is 216 Å². The number of aromatic nitrogens is 3. The normalized spacial score (nSPS) is 26.7. The van der Waals surface area contributed by atoms with Crippen LogP contribution in [-0.2, 0) is 22.6 Å². The molecule has 2 aromatic heterocycles. The highest BCUT2D eigenvalue weighted by Crippen LogP contribution is 2.61. The number of carbonyl (C=O) groups is 1. The third-order valence-electron chi connectivity index (χ3n) is 8.69. The molecule has 2 aromatic rings. The molecule has 2 bridgehead atoms. The van der Waals surface area contributed by atoms with Gasteiger partial charge >= 0.3 is 0 Å². The van der Waals surface area contributed by atoms with E-state index in [1.165, 1.54) is 6.42 Å². The molecule has 1 saturated heterocycles. The van der Waals surface area contributed by atoms with Crippen LogP contribution in [0.15, 0.2) is 29.5 Å². The number of carbonyl (C=O) groups excluding carboxylic acids is 1. The van der Waals surface area contributed by atoms with Crippen LogP contribution in [0.2, 0.25) is 5.02 Å². The zero-order valence-electron chi connectivity index (χ0n) is 21.2. The van der Waals surface area contributed by atoms with E-state index in [1.54, 1.807) is 12.4 Å². The number of morpholine rings is 1. The van der Waals surface area contributed by atoms with Crippen molar-refractivity contribution in [3.63, 3.8) is 0 Å². The number of rotatable bonds is 7. The Balaban J connectivity index is 1.20. The SMILES string of the molecule is C[C@@H]1[C@H]2C[C@@H](C[C@H]1Nc1cnn(CC(=O)NCc3ccncc3N3CCOCC3)c(=O)c1Cl)C2(C)C. The van der Waals surface area contributed by atoms with Gasteiger partial charge in [0.05, 0.1) is 37.0 Å². The molecule has 1 aliphatic heterocycles.